The molecule has 27 heteroatoms. The van der Waals surface area contributed by atoms with E-state index in [0.717, 1.165) is 186 Å². The third-order valence-electron chi connectivity index (χ3n) is 19.2. The van der Waals surface area contributed by atoms with Gasteiger partial charge in [0.1, 0.15) is 37.0 Å². The predicted molar refractivity (Wildman–Crippen MR) is 404 cm³/mol. The van der Waals surface area contributed by atoms with Crippen LogP contribution in [0.5, 0.6) is 11.8 Å². The maximum absolute atomic E-state index is 9.27. The van der Waals surface area contributed by atoms with Gasteiger partial charge < -0.3 is 69.0 Å². The van der Waals surface area contributed by atoms with E-state index in [2.05, 4.69) is 88.0 Å². The Bertz CT molecular complexity index is 4780. The van der Waals surface area contributed by atoms with Crippen LogP contribution >= 0.6 is 0 Å². The number of rotatable bonds is 22. The van der Waals surface area contributed by atoms with Gasteiger partial charge in [-0.2, -0.15) is 0 Å². The first kappa shape index (κ1) is 71.7. The summed E-state index contributed by atoms with van der Waals surface area (Å²) in [7, 11) is 8.40. The number of hydrogen-bond donors (Lipinski definition) is 9. The van der Waals surface area contributed by atoms with Gasteiger partial charge in [0, 0.05) is 143 Å². The number of aliphatic imine (C=N–C) groups is 3. The summed E-state index contributed by atoms with van der Waals surface area (Å²) in [5.74, 6) is 2.73. The molecule has 102 heavy (non-hydrogen) atoms. The van der Waals surface area contributed by atoms with Crippen molar-refractivity contribution in [2.75, 3.05) is 152 Å². The summed E-state index contributed by atoms with van der Waals surface area (Å²) in [5.41, 5.74) is 19.5. The largest absolute Gasteiger partial charge is 0.491 e. The highest BCUT2D eigenvalue weighted by Crippen LogP contribution is 2.39. The Labute approximate surface area is 594 Å². The summed E-state index contributed by atoms with van der Waals surface area (Å²) in [5, 5.41) is 62.3. The number of allylic oxidation sites excluding steroid dienone is 4. The molecule has 2 aliphatic heterocycles. The minimum atomic E-state index is -0.129. The Morgan fingerprint density at radius 1 is 0.500 bits per heavy atom. The Kier molecular flexibility index (Phi) is 22.4. The number of pyridine rings is 3. The molecule has 0 unspecified atom stereocenters. The first-order chi connectivity index (χ1) is 49.3. The Hall–Kier alpha value is -10.1. The van der Waals surface area contributed by atoms with Crippen molar-refractivity contribution in [2.45, 2.75) is 54.9 Å². The maximum atomic E-state index is 9.27. The zero-order chi connectivity index (χ0) is 71.9. The zero-order valence-corrected chi connectivity index (χ0v) is 60.4. The van der Waals surface area contributed by atoms with Gasteiger partial charge in [0.05, 0.1) is 87.7 Å². The lowest BCUT2D eigenvalue weighted by atomic mass is 9.92. The second-order valence-corrected chi connectivity index (χ2v) is 26.6. The molecule has 14 rings (SSSR count). The normalized spacial score (nSPS) is 17.2. The maximum Gasteiger partial charge on any atom is 0.260 e. The first-order valence-electron chi connectivity index (χ1n) is 34.9. The van der Waals surface area contributed by atoms with Crippen molar-refractivity contribution in [3.8, 4) is 11.8 Å². The number of fused-ring (bicyclic) bond motifs is 6. The number of nitrogens with one attached hydrogen (secondary N) is 7. The van der Waals surface area contributed by atoms with Crippen molar-refractivity contribution < 1.29 is 29.2 Å². The summed E-state index contributed by atoms with van der Waals surface area (Å²) in [6.45, 7) is 27.4. The number of H-pyrrole nitrogens is 3. The van der Waals surface area contributed by atoms with E-state index in [0.29, 0.717) is 82.1 Å². The van der Waals surface area contributed by atoms with Crippen molar-refractivity contribution in [1.29, 1.82) is 16.2 Å². The number of nitrogens with zero attached hydrogens (tertiary/aromatic N) is 14. The third kappa shape index (κ3) is 15.5. The van der Waals surface area contributed by atoms with Crippen LogP contribution < -0.4 is 14.8 Å². The van der Waals surface area contributed by atoms with Crippen LogP contribution in [-0.4, -0.2) is 259 Å². The quantitative estimate of drug-likeness (QED) is 0.0286. The van der Waals surface area contributed by atoms with E-state index in [1.54, 1.807) is 9.03 Å². The number of aromatic nitrogens is 9. The van der Waals surface area contributed by atoms with Gasteiger partial charge in [-0.25, -0.2) is 28.5 Å². The fourth-order valence-electron chi connectivity index (χ4n) is 13.0. The van der Waals surface area contributed by atoms with Crippen molar-refractivity contribution in [3.63, 3.8) is 0 Å². The Morgan fingerprint density at radius 2 is 0.912 bits per heavy atom. The van der Waals surface area contributed by atoms with Crippen LogP contribution in [0.1, 0.15) is 80.9 Å². The summed E-state index contributed by atoms with van der Waals surface area (Å²) in [6.07, 6.45) is 12.1. The van der Waals surface area contributed by atoms with Gasteiger partial charge in [0.2, 0.25) is 0 Å². The number of piperazine rings is 2. The SMILES string of the molecule is CC1=CC(=Nc2c(NCCN(C)C)nn3ccccc23)C(=N)c2c1[nH]c(C)c2C.Cc1[nH]c2c(c1C)C(=N)C(=Nc1c(OCCO)nn3ccccc13)C=C2OCCCN1CCN(C)CC1.Cc1[nH]c2c(c1C)C(=N)C(=Nc1c(OCCO)nn3ccccc13)C=C2OCCN1CCN(C)CC1. The first-order valence-corrected chi connectivity index (χ1v) is 34.9. The van der Waals surface area contributed by atoms with Crippen molar-refractivity contribution in [2.24, 2.45) is 15.0 Å². The number of anilines is 1. The third-order valence-corrected chi connectivity index (χ3v) is 19.2. The number of hydrogen-bond acceptors (Lipinski definition) is 21. The number of aryl methyl sites for hydroxylation is 3. The number of likely N-dealkylation sites (N-methyl/N-ethyl adjacent to an activating group) is 3. The molecule has 3 aliphatic carbocycles. The van der Waals surface area contributed by atoms with Crippen LogP contribution in [0, 0.1) is 57.8 Å². The van der Waals surface area contributed by atoms with Gasteiger partial charge in [0.15, 0.2) is 17.2 Å². The van der Waals surface area contributed by atoms with E-state index < -0.39 is 0 Å². The van der Waals surface area contributed by atoms with Crippen molar-refractivity contribution in [1.82, 2.24) is 68.3 Å². The monoisotopic (exact) mass is 1390 g/mol. The number of aliphatic hydroxyl groups excluding tert-OH is 2. The lowest BCUT2D eigenvalue weighted by Crippen LogP contribution is -2.45. The molecule has 9 N–H and O–H groups in total. The van der Waals surface area contributed by atoms with Crippen molar-refractivity contribution in [3.05, 3.63) is 159 Å². The summed E-state index contributed by atoms with van der Waals surface area (Å²) in [4.78, 5) is 36.6. The van der Waals surface area contributed by atoms with Gasteiger partial charge in [-0.05, 0) is 148 Å². The van der Waals surface area contributed by atoms with E-state index in [4.69, 9.17) is 50.2 Å². The minimum absolute atomic E-state index is 0.107. The van der Waals surface area contributed by atoms with Crippen LogP contribution in [-0.2, 0) is 9.47 Å². The topological polar surface area (TPSA) is 314 Å². The van der Waals surface area contributed by atoms with Gasteiger partial charge in [-0.15, -0.1) is 15.3 Å². The van der Waals surface area contributed by atoms with E-state index in [1.807, 2.05) is 145 Å². The fraction of sp³-hybridized carbons (Fsp3) is 0.400. The highest BCUT2D eigenvalue weighted by molar-refractivity contribution is 6.55. The molecule has 0 radical (unpaired) electrons. The van der Waals surface area contributed by atoms with E-state index in [-0.39, 0.29) is 26.4 Å². The highest BCUT2D eigenvalue weighted by Gasteiger charge is 2.32. The Morgan fingerprint density at radius 3 is 1.38 bits per heavy atom. The van der Waals surface area contributed by atoms with Crippen LogP contribution in [0.25, 0.3) is 33.6 Å². The zero-order valence-electron chi connectivity index (χ0n) is 60.4. The highest BCUT2D eigenvalue weighted by atomic mass is 16.5. The van der Waals surface area contributed by atoms with E-state index in [1.165, 1.54) is 0 Å². The van der Waals surface area contributed by atoms with Crippen LogP contribution in [0.2, 0.25) is 0 Å². The molecule has 11 heterocycles. The molecule has 0 saturated carbocycles. The molecule has 0 spiro atoms. The van der Waals surface area contributed by atoms with Gasteiger partial charge in [-0.3, -0.25) is 21.1 Å². The summed E-state index contributed by atoms with van der Waals surface area (Å²) >= 11 is 0. The molecule has 0 bridgehead atoms. The standard InChI is InChI=1S/C27H35N7O3.C26H33N7O3.C22H27N7/c1-18-19(2)29-26-22(36-15-6-8-33-12-10-32(3)11-13-33)17-20(24(28)23(18)26)30-25-21-7-4-5-9-34(21)31-27(25)37-16-14-35;1-17-18(2)28-25-21(35-14-12-32-10-8-31(3)9-11-32)16-19(23(27)22(17)25)29-24-20-6-4-5-7-33(20)30-26(24)36-15-13-34;1-13-12-16(19(23)18-14(2)15(3)25-20(13)18)26-21-17-8-6-7-10-29(17)27-22(21)24-9-11-28(4)5/h4-5,7,9,17,28-29,35H,6,8,10-16H2,1-3H3;4-7,16,27-28,34H,8-15H2,1-3H3;6-8,10,12,23,25H,9,11H2,1-5H3,(H,24,27). The molecule has 2 fully saturated rings. The average molecular weight is 1390 g/mol. The minimum Gasteiger partial charge on any atom is -0.491 e. The number of aliphatic hydroxyl groups is 2. The van der Waals surface area contributed by atoms with E-state index in [9.17, 15) is 10.2 Å². The van der Waals surface area contributed by atoms with Gasteiger partial charge >= 0.3 is 0 Å². The number of aromatic amines is 3. The fourth-order valence-corrected chi connectivity index (χ4v) is 13.0. The lowest BCUT2D eigenvalue weighted by molar-refractivity contribution is 0.127. The molecular weight excluding hydrogens is 1290 g/mol. The molecule has 2 saturated heterocycles. The van der Waals surface area contributed by atoms with Crippen LogP contribution in [0.4, 0.5) is 22.9 Å². The van der Waals surface area contributed by atoms with Gasteiger partial charge in [0.25, 0.3) is 11.8 Å². The smallest absolute Gasteiger partial charge is 0.260 e. The van der Waals surface area contributed by atoms with Crippen LogP contribution in [0.3, 0.4) is 0 Å². The molecule has 9 aromatic rings. The lowest BCUT2D eigenvalue weighted by Gasteiger charge is -2.32. The predicted octanol–water partition coefficient (Wildman–Crippen LogP) is 9.02. The van der Waals surface area contributed by atoms with Gasteiger partial charge in [-0.1, -0.05) is 18.2 Å². The van der Waals surface area contributed by atoms with Crippen LogP contribution in [0.15, 0.2) is 106 Å². The second-order valence-electron chi connectivity index (χ2n) is 26.6. The molecular formula is C75H95N21O6. The molecule has 0 amide bonds. The molecule has 5 aliphatic rings. The number of ether oxygens (including phenoxy) is 4. The Balaban J connectivity index is 0.000000146. The molecule has 0 aromatic carbocycles. The molecule has 0 atom stereocenters. The molecule has 9 aromatic heterocycles. The van der Waals surface area contributed by atoms with Crippen molar-refractivity contribution >= 4 is 90.8 Å². The van der Waals surface area contributed by atoms with E-state index >= 15 is 0 Å². The average Bonchev–Trinajstić information content (AvgIpc) is 1.59. The molecule has 27 nitrogen and oxygen atoms in total. The summed E-state index contributed by atoms with van der Waals surface area (Å²) in [6, 6.07) is 17.3. The second kappa shape index (κ2) is 31.8. The molecule has 536 valence electrons. The summed E-state index contributed by atoms with van der Waals surface area (Å²) < 4.78 is 29.2.